The summed E-state index contributed by atoms with van der Waals surface area (Å²) in [6, 6.07) is 8.87. The van der Waals surface area contributed by atoms with E-state index in [1.165, 1.54) is 33.0 Å². The summed E-state index contributed by atoms with van der Waals surface area (Å²) in [7, 11) is 0. The van der Waals surface area contributed by atoms with Crippen LogP contribution in [0, 0.1) is 13.8 Å². The highest BCUT2D eigenvalue weighted by Gasteiger charge is 2.22. The van der Waals surface area contributed by atoms with Gasteiger partial charge >= 0.3 is 0 Å². The molecule has 0 unspecified atom stereocenters. The third-order valence-corrected chi connectivity index (χ3v) is 2.92. The molecule has 0 bridgehead atoms. The number of fused-ring (bicyclic) bond motifs is 1. The molecule has 0 N–H and O–H groups in total. The van der Waals surface area contributed by atoms with Gasteiger partial charge in [0.15, 0.2) is 0 Å². The molecule has 1 aliphatic carbocycles. The van der Waals surface area contributed by atoms with E-state index in [1.807, 2.05) is 13.8 Å². The average molecular weight is 184 g/mol. The monoisotopic (exact) mass is 184 g/mol. The van der Waals surface area contributed by atoms with E-state index in [0.717, 1.165) is 0 Å². The van der Waals surface area contributed by atoms with Gasteiger partial charge in [0, 0.05) is 0 Å². The fourth-order valence-electron chi connectivity index (χ4n) is 2.00. The van der Waals surface area contributed by atoms with Crippen LogP contribution in [0.3, 0.4) is 0 Å². The number of benzene rings is 2. The summed E-state index contributed by atoms with van der Waals surface area (Å²) in [6.45, 7) is 8.39. The molecule has 0 saturated carbocycles. The van der Waals surface area contributed by atoms with Crippen molar-refractivity contribution in [2.75, 3.05) is 0 Å². The van der Waals surface area contributed by atoms with Crippen LogP contribution >= 0.6 is 0 Å². The number of aryl methyl sites for hydroxylation is 2. The van der Waals surface area contributed by atoms with E-state index >= 15 is 0 Å². The van der Waals surface area contributed by atoms with Gasteiger partial charge in [-0.2, -0.15) is 0 Å². The molecule has 0 aromatic heterocycles. The second-order valence-corrected chi connectivity index (χ2v) is 3.59. The van der Waals surface area contributed by atoms with Crippen molar-refractivity contribution in [3.05, 3.63) is 35.4 Å². The van der Waals surface area contributed by atoms with Gasteiger partial charge in [0.2, 0.25) is 0 Å². The summed E-state index contributed by atoms with van der Waals surface area (Å²) in [5.74, 6) is 0. The Labute approximate surface area is 85.6 Å². The van der Waals surface area contributed by atoms with Crippen LogP contribution in [0.2, 0.25) is 0 Å². The molecule has 0 atom stereocenters. The van der Waals surface area contributed by atoms with Crippen LogP contribution in [0.4, 0.5) is 0 Å². The molecular formula is C14H16. The van der Waals surface area contributed by atoms with Crippen LogP contribution in [0.15, 0.2) is 24.3 Å². The third kappa shape index (κ3) is 1.07. The standard InChI is InChI=1S/C12H10.C2H6/c1-7-6-11-10-5-3-4-9(8(7)2)12(10)11;1-2/h3-6H,1-2H3;1-2H3. The largest absolute Gasteiger partial charge is 0.0683 e. The summed E-state index contributed by atoms with van der Waals surface area (Å²) >= 11 is 0. The molecule has 2 aromatic carbocycles. The molecule has 0 heteroatoms. The van der Waals surface area contributed by atoms with Gasteiger partial charge in [-0.25, -0.2) is 0 Å². The molecule has 14 heavy (non-hydrogen) atoms. The molecule has 1 aliphatic rings. The van der Waals surface area contributed by atoms with E-state index in [2.05, 4.69) is 38.1 Å². The lowest BCUT2D eigenvalue weighted by Crippen LogP contribution is -1.77. The van der Waals surface area contributed by atoms with Gasteiger partial charge < -0.3 is 0 Å². The first-order chi connectivity index (χ1) is 6.79. The SMILES string of the molecule is CC.Cc1cc2c3c-2cccc3c1C. The lowest BCUT2D eigenvalue weighted by Gasteiger charge is -1.98. The fourth-order valence-corrected chi connectivity index (χ4v) is 2.00. The zero-order valence-electron chi connectivity index (χ0n) is 9.31. The predicted octanol–water partition coefficient (Wildman–Crippen LogP) is 4.46. The van der Waals surface area contributed by atoms with Crippen molar-refractivity contribution in [3.63, 3.8) is 0 Å². The van der Waals surface area contributed by atoms with Gasteiger partial charge in [0.25, 0.3) is 0 Å². The summed E-state index contributed by atoms with van der Waals surface area (Å²) in [5, 5.41) is 2.95. The summed E-state index contributed by atoms with van der Waals surface area (Å²) < 4.78 is 0. The summed E-state index contributed by atoms with van der Waals surface area (Å²) in [4.78, 5) is 0. The van der Waals surface area contributed by atoms with Crippen molar-refractivity contribution in [1.29, 1.82) is 0 Å². The minimum absolute atomic E-state index is 1.42. The molecule has 0 saturated heterocycles. The van der Waals surface area contributed by atoms with Gasteiger partial charge in [-0.1, -0.05) is 38.1 Å². The van der Waals surface area contributed by atoms with E-state index in [-0.39, 0.29) is 0 Å². The minimum Gasteiger partial charge on any atom is -0.0683 e. The van der Waals surface area contributed by atoms with Crippen LogP contribution in [-0.4, -0.2) is 0 Å². The summed E-state index contributed by atoms with van der Waals surface area (Å²) in [6.07, 6.45) is 0. The third-order valence-electron chi connectivity index (χ3n) is 2.92. The van der Waals surface area contributed by atoms with Gasteiger partial charge in [-0.3, -0.25) is 0 Å². The molecule has 0 fully saturated rings. The number of hydrogen-bond donors (Lipinski definition) is 0. The molecule has 0 radical (unpaired) electrons. The van der Waals surface area contributed by atoms with E-state index < -0.39 is 0 Å². The molecule has 2 aromatic rings. The van der Waals surface area contributed by atoms with E-state index in [4.69, 9.17) is 0 Å². The second-order valence-electron chi connectivity index (χ2n) is 3.59. The fraction of sp³-hybridized carbons (Fsp3) is 0.286. The van der Waals surface area contributed by atoms with Crippen molar-refractivity contribution in [2.24, 2.45) is 0 Å². The number of hydrogen-bond acceptors (Lipinski definition) is 0. The lowest BCUT2D eigenvalue weighted by atomic mass is 10.1. The molecule has 0 amide bonds. The first-order valence-electron chi connectivity index (χ1n) is 5.32. The Balaban J connectivity index is 0.000000354. The van der Waals surface area contributed by atoms with Crippen molar-refractivity contribution in [3.8, 4) is 11.1 Å². The Hall–Kier alpha value is -1.30. The van der Waals surface area contributed by atoms with Crippen LogP contribution in [-0.2, 0) is 0 Å². The van der Waals surface area contributed by atoms with E-state index in [9.17, 15) is 0 Å². The van der Waals surface area contributed by atoms with Crippen LogP contribution < -0.4 is 0 Å². The van der Waals surface area contributed by atoms with Gasteiger partial charge in [0.05, 0.1) is 0 Å². The van der Waals surface area contributed by atoms with Crippen molar-refractivity contribution in [1.82, 2.24) is 0 Å². The normalized spacial score (nSPS) is 10.9. The summed E-state index contributed by atoms with van der Waals surface area (Å²) in [5.41, 5.74) is 5.79. The number of rotatable bonds is 0. The Kier molecular flexibility index (Phi) is 2.07. The van der Waals surface area contributed by atoms with Gasteiger partial charge in [-0.05, 0) is 46.9 Å². The average Bonchev–Trinajstić information content (AvgIpc) is 2.93. The molecule has 0 spiro atoms. The van der Waals surface area contributed by atoms with Crippen molar-refractivity contribution in [2.45, 2.75) is 27.7 Å². The van der Waals surface area contributed by atoms with E-state index in [1.54, 1.807) is 0 Å². The first-order valence-corrected chi connectivity index (χ1v) is 5.32. The predicted molar refractivity (Wildman–Crippen MR) is 63.8 cm³/mol. The molecule has 3 rings (SSSR count). The Morgan fingerprint density at radius 2 is 1.64 bits per heavy atom. The molecule has 0 aliphatic heterocycles. The highest BCUT2D eigenvalue weighted by molar-refractivity contribution is 6.21. The Bertz CT molecular complexity index is 493. The Morgan fingerprint density at radius 1 is 0.929 bits per heavy atom. The highest BCUT2D eigenvalue weighted by atomic mass is 14.2. The van der Waals surface area contributed by atoms with Crippen LogP contribution in [0.25, 0.3) is 21.9 Å². The van der Waals surface area contributed by atoms with Gasteiger partial charge in [0.1, 0.15) is 0 Å². The lowest BCUT2D eigenvalue weighted by molar-refractivity contribution is 1.39. The van der Waals surface area contributed by atoms with Crippen molar-refractivity contribution < 1.29 is 0 Å². The molecular weight excluding hydrogens is 168 g/mol. The zero-order chi connectivity index (χ0) is 10.3. The van der Waals surface area contributed by atoms with Crippen molar-refractivity contribution >= 4 is 10.8 Å². The maximum atomic E-state index is 2.30. The topological polar surface area (TPSA) is 0 Å². The second kappa shape index (κ2) is 3.13. The molecule has 0 nitrogen and oxygen atoms in total. The van der Waals surface area contributed by atoms with E-state index in [0.29, 0.717) is 0 Å². The van der Waals surface area contributed by atoms with Crippen LogP contribution in [0.5, 0.6) is 0 Å². The Morgan fingerprint density at radius 3 is 2.36 bits per heavy atom. The molecule has 0 heterocycles. The van der Waals surface area contributed by atoms with Crippen LogP contribution in [0.1, 0.15) is 25.0 Å². The maximum Gasteiger partial charge on any atom is -0.00235 e. The quantitative estimate of drug-likeness (QED) is 0.483. The minimum atomic E-state index is 1.42. The smallest absolute Gasteiger partial charge is 0.00235 e. The maximum absolute atomic E-state index is 2.30. The molecule has 72 valence electrons. The van der Waals surface area contributed by atoms with Gasteiger partial charge in [-0.15, -0.1) is 0 Å². The highest BCUT2D eigenvalue weighted by Crippen LogP contribution is 2.48. The zero-order valence-corrected chi connectivity index (χ0v) is 9.31. The first kappa shape index (κ1) is 9.26.